The Bertz CT molecular complexity index is 39.4. The van der Waals surface area contributed by atoms with Gasteiger partial charge in [-0.15, -0.1) is 0 Å². The summed E-state index contributed by atoms with van der Waals surface area (Å²) >= 11 is 0. The van der Waals surface area contributed by atoms with Crippen molar-refractivity contribution in [3.05, 3.63) is 0 Å². The van der Waals surface area contributed by atoms with Crippen LogP contribution in [0.3, 0.4) is 0 Å². The molecule has 8 heavy (non-hydrogen) atoms. The van der Waals surface area contributed by atoms with Crippen LogP contribution >= 0.6 is 0 Å². The van der Waals surface area contributed by atoms with Gasteiger partial charge in [-0.3, -0.25) is 0 Å². The fourth-order valence-corrected chi connectivity index (χ4v) is 0.372. The molecule has 0 fully saturated rings. The molecule has 0 aliphatic rings. The minimum atomic E-state index is 0. The van der Waals surface area contributed by atoms with E-state index >= 15 is 0 Å². The zero-order chi connectivity index (χ0) is 5.70. The fourth-order valence-electron chi connectivity index (χ4n) is 0.372. The molecule has 2 nitrogen and oxygen atoms in total. The van der Waals surface area contributed by atoms with E-state index in [0.29, 0.717) is 6.04 Å². The topological polar surface area (TPSA) is 38.0 Å². The van der Waals surface area contributed by atoms with Gasteiger partial charge in [-0.05, 0) is 0 Å². The first-order valence-corrected chi connectivity index (χ1v) is 2.71. The molecule has 0 heterocycles. The standard InChI is InChI=1S/C5H14N2.Na/c1-5(2)7-4-3-6;/h5,7H,3-4,6H2,1-2H3;. The van der Waals surface area contributed by atoms with Crippen molar-refractivity contribution < 1.29 is 0 Å². The van der Waals surface area contributed by atoms with Crippen molar-refractivity contribution in [2.45, 2.75) is 19.9 Å². The summed E-state index contributed by atoms with van der Waals surface area (Å²) in [6.45, 7) is 5.88. The van der Waals surface area contributed by atoms with Crippen LogP contribution in [0.4, 0.5) is 0 Å². The third-order valence-electron chi connectivity index (χ3n) is 0.697. The Morgan fingerprint density at radius 3 is 2.12 bits per heavy atom. The Morgan fingerprint density at radius 1 is 1.50 bits per heavy atom. The van der Waals surface area contributed by atoms with Gasteiger partial charge in [0.25, 0.3) is 0 Å². The molecule has 0 amide bonds. The first-order chi connectivity index (χ1) is 3.27. The van der Waals surface area contributed by atoms with E-state index in [1.54, 1.807) is 0 Å². The van der Waals surface area contributed by atoms with Crippen molar-refractivity contribution >= 4 is 29.6 Å². The van der Waals surface area contributed by atoms with Gasteiger partial charge in [0, 0.05) is 48.7 Å². The second-order valence-electron chi connectivity index (χ2n) is 1.90. The van der Waals surface area contributed by atoms with E-state index in [4.69, 9.17) is 5.73 Å². The van der Waals surface area contributed by atoms with E-state index in [1.807, 2.05) is 0 Å². The normalized spacial score (nSPS) is 9.00. The first kappa shape index (κ1) is 11.7. The summed E-state index contributed by atoms with van der Waals surface area (Å²) in [6.07, 6.45) is 0. The fraction of sp³-hybridized carbons (Fsp3) is 1.00. The maximum atomic E-state index is 5.21. The third-order valence-corrected chi connectivity index (χ3v) is 0.697. The maximum absolute atomic E-state index is 5.21. The molecular weight excluding hydrogens is 111 g/mol. The molecule has 0 aromatic heterocycles. The summed E-state index contributed by atoms with van der Waals surface area (Å²) in [6, 6.07) is 0.573. The molecular formula is C5H14N2Na. The van der Waals surface area contributed by atoms with Gasteiger partial charge in [-0.2, -0.15) is 0 Å². The Hall–Kier alpha value is 0.920. The average Bonchev–Trinajstić information content (AvgIpc) is 1.61. The monoisotopic (exact) mass is 125 g/mol. The van der Waals surface area contributed by atoms with E-state index in [1.165, 1.54) is 0 Å². The summed E-state index contributed by atoms with van der Waals surface area (Å²) in [5, 5.41) is 3.17. The predicted octanol–water partition coefficient (Wildman–Crippen LogP) is -0.438. The van der Waals surface area contributed by atoms with Crippen LogP contribution in [0.15, 0.2) is 0 Å². The van der Waals surface area contributed by atoms with Crippen LogP contribution in [0.2, 0.25) is 0 Å². The number of rotatable bonds is 3. The van der Waals surface area contributed by atoms with E-state index in [-0.39, 0.29) is 29.6 Å². The summed E-state index contributed by atoms with van der Waals surface area (Å²) in [4.78, 5) is 0. The minimum absolute atomic E-state index is 0. The first-order valence-electron chi connectivity index (χ1n) is 2.71. The Balaban J connectivity index is 0. The van der Waals surface area contributed by atoms with Crippen LogP contribution in [-0.2, 0) is 0 Å². The van der Waals surface area contributed by atoms with E-state index in [0.717, 1.165) is 13.1 Å². The Kier molecular flexibility index (Phi) is 11.6. The summed E-state index contributed by atoms with van der Waals surface area (Å²) in [5.74, 6) is 0. The van der Waals surface area contributed by atoms with Crippen molar-refractivity contribution in [1.82, 2.24) is 5.32 Å². The summed E-state index contributed by atoms with van der Waals surface area (Å²) < 4.78 is 0. The zero-order valence-corrected chi connectivity index (χ0v) is 8.07. The van der Waals surface area contributed by atoms with Crippen LogP contribution < -0.4 is 11.1 Å². The Morgan fingerprint density at radius 2 is 2.00 bits per heavy atom. The molecule has 0 unspecified atom stereocenters. The van der Waals surface area contributed by atoms with Crippen molar-refractivity contribution in [2.24, 2.45) is 5.73 Å². The van der Waals surface area contributed by atoms with Gasteiger partial charge in [-0.25, -0.2) is 0 Å². The second-order valence-corrected chi connectivity index (χ2v) is 1.90. The van der Waals surface area contributed by atoms with Crippen LogP contribution in [0.25, 0.3) is 0 Å². The molecule has 0 rings (SSSR count). The number of nitrogens with two attached hydrogens (primary N) is 1. The third kappa shape index (κ3) is 10.0. The van der Waals surface area contributed by atoms with Crippen molar-refractivity contribution in [3.8, 4) is 0 Å². The number of hydrogen-bond acceptors (Lipinski definition) is 2. The maximum Gasteiger partial charge on any atom is 0.00768 e. The summed E-state index contributed by atoms with van der Waals surface area (Å²) in [7, 11) is 0. The molecule has 0 aromatic rings. The molecule has 0 aliphatic heterocycles. The second kappa shape index (κ2) is 7.92. The SMILES string of the molecule is CC(C)NCCN.[Na]. The Labute approximate surface area is 73.5 Å². The van der Waals surface area contributed by atoms with Gasteiger partial charge in [-0.1, -0.05) is 13.8 Å². The molecule has 0 aromatic carbocycles. The van der Waals surface area contributed by atoms with Gasteiger partial charge in [0.2, 0.25) is 0 Å². The molecule has 1 radical (unpaired) electrons. The van der Waals surface area contributed by atoms with Crippen molar-refractivity contribution in [1.29, 1.82) is 0 Å². The van der Waals surface area contributed by atoms with E-state index in [2.05, 4.69) is 19.2 Å². The molecule has 0 saturated heterocycles. The molecule has 0 bridgehead atoms. The van der Waals surface area contributed by atoms with Crippen LogP contribution in [0.1, 0.15) is 13.8 Å². The zero-order valence-electron chi connectivity index (χ0n) is 6.07. The number of hydrogen-bond donors (Lipinski definition) is 2. The van der Waals surface area contributed by atoms with Gasteiger partial charge in [0.05, 0.1) is 0 Å². The van der Waals surface area contributed by atoms with Gasteiger partial charge in [0.15, 0.2) is 0 Å². The molecule has 0 spiro atoms. The predicted molar refractivity (Wildman–Crippen MR) is 37.9 cm³/mol. The molecule has 0 aliphatic carbocycles. The van der Waals surface area contributed by atoms with E-state index in [9.17, 15) is 0 Å². The minimum Gasteiger partial charge on any atom is -0.329 e. The largest absolute Gasteiger partial charge is 0.329 e. The van der Waals surface area contributed by atoms with E-state index < -0.39 is 0 Å². The quantitative estimate of drug-likeness (QED) is 0.502. The molecule has 45 valence electrons. The molecule has 0 saturated carbocycles. The molecule has 3 N–H and O–H groups in total. The smallest absolute Gasteiger partial charge is 0.00768 e. The van der Waals surface area contributed by atoms with Gasteiger partial charge in [0.1, 0.15) is 0 Å². The van der Waals surface area contributed by atoms with Crippen molar-refractivity contribution in [3.63, 3.8) is 0 Å². The number of nitrogens with one attached hydrogen (secondary N) is 1. The van der Waals surface area contributed by atoms with Gasteiger partial charge < -0.3 is 11.1 Å². The molecule has 0 atom stereocenters. The molecule has 3 heteroatoms. The average molecular weight is 125 g/mol. The van der Waals surface area contributed by atoms with Gasteiger partial charge >= 0.3 is 0 Å². The van der Waals surface area contributed by atoms with Crippen LogP contribution in [0, 0.1) is 0 Å². The van der Waals surface area contributed by atoms with Crippen LogP contribution in [0.5, 0.6) is 0 Å². The van der Waals surface area contributed by atoms with Crippen LogP contribution in [-0.4, -0.2) is 48.7 Å². The summed E-state index contributed by atoms with van der Waals surface area (Å²) in [5.41, 5.74) is 5.21. The van der Waals surface area contributed by atoms with Crippen molar-refractivity contribution in [2.75, 3.05) is 13.1 Å².